The van der Waals surface area contributed by atoms with Gasteiger partial charge in [0.2, 0.25) is 0 Å². The Morgan fingerprint density at radius 3 is 2.60 bits per heavy atom. The third-order valence-corrected chi connectivity index (χ3v) is 3.82. The van der Waals surface area contributed by atoms with Crippen molar-refractivity contribution in [3.63, 3.8) is 0 Å². The second-order valence-electron chi connectivity index (χ2n) is 5.73. The van der Waals surface area contributed by atoms with E-state index in [1.165, 1.54) is 12.0 Å². The van der Waals surface area contributed by atoms with E-state index < -0.39 is 0 Å². The van der Waals surface area contributed by atoms with E-state index in [1.807, 2.05) is 32.0 Å². The van der Waals surface area contributed by atoms with Gasteiger partial charge in [0.05, 0.1) is 6.10 Å². The zero-order valence-corrected chi connectivity index (χ0v) is 12.1. The van der Waals surface area contributed by atoms with Crippen LogP contribution in [0, 0.1) is 0 Å². The minimum absolute atomic E-state index is 0.111. The smallest absolute Gasteiger partial charge is 0.339 e. The number of aryl methyl sites for hydroxylation is 1. The third-order valence-electron chi connectivity index (χ3n) is 3.82. The molecule has 1 aromatic carbocycles. The Morgan fingerprint density at radius 1 is 1.10 bits per heavy atom. The van der Waals surface area contributed by atoms with Crippen molar-refractivity contribution in [2.24, 2.45) is 0 Å². The number of rotatable bonds is 2. The van der Waals surface area contributed by atoms with Crippen LogP contribution >= 0.6 is 0 Å². The van der Waals surface area contributed by atoms with E-state index in [1.54, 1.807) is 0 Å². The summed E-state index contributed by atoms with van der Waals surface area (Å²) in [5, 5.41) is 1.07. The van der Waals surface area contributed by atoms with Gasteiger partial charge in [-0.05, 0) is 57.2 Å². The highest BCUT2D eigenvalue weighted by Crippen LogP contribution is 2.28. The number of hydrogen-bond acceptors (Lipinski definition) is 3. The average Bonchev–Trinajstić information content (AvgIpc) is 2.64. The van der Waals surface area contributed by atoms with E-state index >= 15 is 0 Å². The summed E-state index contributed by atoms with van der Waals surface area (Å²) >= 11 is 0. The number of hydrogen-bond donors (Lipinski definition) is 0. The first-order valence-corrected chi connectivity index (χ1v) is 7.40. The average molecular weight is 272 g/mol. The molecule has 1 aliphatic carbocycles. The molecule has 3 rings (SSSR count). The zero-order chi connectivity index (χ0) is 14.1. The highest BCUT2D eigenvalue weighted by molar-refractivity contribution is 5.82. The van der Waals surface area contributed by atoms with Gasteiger partial charge in [-0.3, -0.25) is 0 Å². The molecule has 0 saturated carbocycles. The minimum atomic E-state index is -0.170. The van der Waals surface area contributed by atoms with Crippen molar-refractivity contribution < 1.29 is 9.15 Å². The highest BCUT2D eigenvalue weighted by Gasteiger charge is 2.17. The monoisotopic (exact) mass is 272 g/mol. The molecule has 0 N–H and O–H groups in total. The summed E-state index contributed by atoms with van der Waals surface area (Å²) in [5.41, 5.74) is 2.54. The SMILES string of the molecule is CC(C)Oc1ccc2c3c(c(=O)oc2c1)CCCCC3. The summed E-state index contributed by atoms with van der Waals surface area (Å²) < 4.78 is 11.2. The third kappa shape index (κ3) is 2.45. The van der Waals surface area contributed by atoms with Gasteiger partial charge in [0.1, 0.15) is 11.3 Å². The predicted molar refractivity (Wildman–Crippen MR) is 79.5 cm³/mol. The topological polar surface area (TPSA) is 39.4 Å². The lowest BCUT2D eigenvalue weighted by atomic mass is 10.0. The minimum Gasteiger partial charge on any atom is -0.491 e. The molecule has 3 nitrogen and oxygen atoms in total. The molecule has 0 radical (unpaired) electrons. The molecule has 1 aromatic heterocycles. The first kappa shape index (κ1) is 13.2. The van der Waals surface area contributed by atoms with Crippen LogP contribution in [-0.4, -0.2) is 6.10 Å². The van der Waals surface area contributed by atoms with Crippen molar-refractivity contribution >= 4 is 11.0 Å². The second-order valence-corrected chi connectivity index (χ2v) is 5.73. The number of fused-ring (bicyclic) bond motifs is 3. The maximum Gasteiger partial charge on any atom is 0.339 e. The molecule has 0 amide bonds. The van der Waals surface area contributed by atoms with Gasteiger partial charge in [-0.1, -0.05) is 6.42 Å². The lowest BCUT2D eigenvalue weighted by Gasteiger charge is -2.12. The quantitative estimate of drug-likeness (QED) is 0.615. The van der Waals surface area contributed by atoms with Gasteiger partial charge in [-0.2, -0.15) is 0 Å². The molecule has 0 spiro atoms. The summed E-state index contributed by atoms with van der Waals surface area (Å²) in [6, 6.07) is 5.83. The molecule has 0 saturated heterocycles. The van der Waals surface area contributed by atoms with Crippen molar-refractivity contribution in [1.82, 2.24) is 0 Å². The van der Waals surface area contributed by atoms with E-state index in [4.69, 9.17) is 9.15 Å². The fraction of sp³-hybridized carbons (Fsp3) is 0.471. The van der Waals surface area contributed by atoms with Gasteiger partial charge in [0.25, 0.3) is 0 Å². The van der Waals surface area contributed by atoms with E-state index in [0.29, 0.717) is 5.58 Å². The fourth-order valence-corrected chi connectivity index (χ4v) is 2.95. The van der Waals surface area contributed by atoms with Crippen molar-refractivity contribution in [2.45, 2.75) is 52.1 Å². The molecule has 0 bridgehead atoms. The number of benzene rings is 1. The molecule has 0 atom stereocenters. The summed E-state index contributed by atoms with van der Waals surface area (Å²) in [6.07, 6.45) is 5.34. The molecule has 3 heteroatoms. The van der Waals surface area contributed by atoms with E-state index in [-0.39, 0.29) is 11.7 Å². The molecule has 1 heterocycles. The van der Waals surface area contributed by atoms with Crippen molar-refractivity contribution in [1.29, 1.82) is 0 Å². The Hall–Kier alpha value is -1.77. The van der Waals surface area contributed by atoms with Crippen LogP contribution in [0.15, 0.2) is 27.4 Å². The first-order valence-electron chi connectivity index (χ1n) is 7.40. The second kappa shape index (κ2) is 5.31. The van der Waals surface area contributed by atoms with Crippen LogP contribution in [0.5, 0.6) is 5.75 Å². The van der Waals surface area contributed by atoms with Gasteiger partial charge in [-0.25, -0.2) is 4.79 Å². The predicted octanol–water partition coefficient (Wildman–Crippen LogP) is 3.85. The van der Waals surface area contributed by atoms with Gasteiger partial charge in [-0.15, -0.1) is 0 Å². The van der Waals surface area contributed by atoms with Crippen LogP contribution in [-0.2, 0) is 12.8 Å². The van der Waals surface area contributed by atoms with Crippen LogP contribution in [0.2, 0.25) is 0 Å². The maximum absolute atomic E-state index is 12.2. The molecule has 0 fully saturated rings. The Labute approximate surface area is 118 Å². The Kier molecular flexibility index (Phi) is 3.51. The van der Waals surface area contributed by atoms with Gasteiger partial charge in [0.15, 0.2) is 0 Å². The Balaban J connectivity index is 2.16. The Morgan fingerprint density at radius 2 is 1.85 bits per heavy atom. The molecular formula is C17H20O3. The molecule has 0 unspecified atom stereocenters. The maximum atomic E-state index is 12.2. The fourth-order valence-electron chi connectivity index (χ4n) is 2.95. The molecule has 106 valence electrons. The van der Waals surface area contributed by atoms with Crippen LogP contribution in [0.3, 0.4) is 0 Å². The molecular weight excluding hydrogens is 252 g/mol. The van der Waals surface area contributed by atoms with Crippen molar-refractivity contribution in [3.05, 3.63) is 39.7 Å². The van der Waals surface area contributed by atoms with E-state index in [0.717, 1.165) is 42.4 Å². The molecule has 20 heavy (non-hydrogen) atoms. The van der Waals surface area contributed by atoms with Crippen molar-refractivity contribution in [3.8, 4) is 5.75 Å². The zero-order valence-electron chi connectivity index (χ0n) is 12.1. The van der Waals surface area contributed by atoms with E-state index in [9.17, 15) is 4.79 Å². The summed E-state index contributed by atoms with van der Waals surface area (Å²) in [4.78, 5) is 12.2. The summed E-state index contributed by atoms with van der Waals surface area (Å²) in [5.74, 6) is 0.754. The molecule has 0 aliphatic heterocycles. The number of ether oxygens (including phenoxy) is 1. The van der Waals surface area contributed by atoms with Crippen LogP contribution in [0.25, 0.3) is 11.0 Å². The first-order chi connectivity index (χ1) is 9.65. The largest absolute Gasteiger partial charge is 0.491 e. The van der Waals surface area contributed by atoms with Crippen LogP contribution < -0.4 is 10.4 Å². The molecule has 2 aromatic rings. The van der Waals surface area contributed by atoms with E-state index in [2.05, 4.69) is 0 Å². The lowest BCUT2D eigenvalue weighted by Crippen LogP contribution is -2.11. The van der Waals surface area contributed by atoms with Gasteiger partial charge >= 0.3 is 5.63 Å². The summed E-state index contributed by atoms with van der Waals surface area (Å²) in [7, 11) is 0. The molecule has 1 aliphatic rings. The van der Waals surface area contributed by atoms with Crippen LogP contribution in [0.1, 0.15) is 44.2 Å². The normalized spacial score (nSPS) is 15.2. The Bertz CT molecular complexity index is 682. The van der Waals surface area contributed by atoms with Gasteiger partial charge < -0.3 is 9.15 Å². The van der Waals surface area contributed by atoms with Crippen molar-refractivity contribution in [2.75, 3.05) is 0 Å². The summed E-state index contributed by atoms with van der Waals surface area (Å²) in [6.45, 7) is 3.97. The highest BCUT2D eigenvalue weighted by atomic mass is 16.5. The standard InChI is InChI=1S/C17H20O3/c1-11(2)19-12-8-9-14-13-6-4-3-5-7-15(13)17(18)20-16(14)10-12/h8-11H,3-7H2,1-2H3. The van der Waals surface area contributed by atoms with Crippen LogP contribution in [0.4, 0.5) is 0 Å². The lowest BCUT2D eigenvalue weighted by molar-refractivity contribution is 0.242. The van der Waals surface area contributed by atoms with Gasteiger partial charge in [0, 0.05) is 17.0 Å².